The van der Waals surface area contributed by atoms with Crippen LogP contribution in [0.15, 0.2) is 18.2 Å². The third-order valence-electron chi connectivity index (χ3n) is 3.85. The lowest BCUT2D eigenvalue weighted by molar-refractivity contribution is 0.345. The Morgan fingerprint density at radius 3 is 2.33 bits per heavy atom. The number of nitrogens with zero attached hydrogens (tertiary/aromatic N) is 3. The van der Waals surface area contributed by atoms with Crippen molar-refractivity contribution in [1.29, 1.82) is 5.26 Å². The Balaban J connectivity index is 2.73. The molecule has 0 fully saturated rings. The zero-order chi connectivity index (χ0) is 17.9. The Morgan fingerprint density at radius 2 is 1.83 bits per heavy atom. The van der Waals surface area contributed by atoms with Gasteiger partial charge in [0, 0.05) is 5.56 Å². The van der Waals surface area contributed by atoms with Gasteiger partial charge >= 0.3 is 6.01 Å². The average Bonchev–Trinajstić information content (AvgIpc) is 2.53. The number of nitriles is 1. The molecule has 2 aromatic rings. The molecule has 0 saturated carbocycles. The normalized spacial score (nSPS) is 11.9. The molecule has 0 radical (unpaired) electrons. The van der Waals surface area contributed by atoms with Gasteiger partial charge in [-0.15, -0.1) is 0 Å². The first-order valence-corrected chi connectivity index (χ1v) is 7.88. The predicted molar refractivity (Wildman–Crippen MR) is 96.0 cm³/mol. The summed E-state index contributed by atoms with van der Waals surface area (Å²) in [4.78, 5) is 8.76. The molecule has 1 unspecified atom stereocenters. The molecular weight excluding hydrogens is 301 g/mol. The smallest absolute Gasteiger partial charge is 0.319 e. The van der Waals surface area contributed by atoms with Crippen LogP contribution in [-0.2, 0) is 0 Å². The second-order valence-corrected chi connectivity index (χ2v) is 6.16. The van der Waals surface area contributed by atoms with Crippen LogP contribution in [0.2, 0.25) is 0 Å². The van der Waals surface area contributed by atoms with Crippen LogP contribution in [0.4, 0.5) is 0 Å². The SMILES string of the molecule is Bc1cc(C)cc(C(C#N)c2nc(OC)nc(OC)c2C(C)C)c1. The fraction of sp³-hybridized carbons (Fsp3) is 0.389. The highest BCUT2D eigenvalue weighted by molar-refractivity contribution is 6.32. The Labute approximate surface area is 144 Å². The van der Waals surface area contributed by atoms with Crippen molar-refractivity contribution in [3.05, 3.63) is 40.6 Å². The van der Waals surface area contributed by atoms with E-state index in [1.54, 1.807) is 7.11 Å². The van der Waals surface area contributed by atoms with Gasteiger partial charge in [0.1, 0.15) is 13.8 Å². The van der Waals surface area contributed by atoms with Gasteiger partial charge in [-0.05, 0) is 18.4 Å². The molecule has 0 saturated heterocycles. The Morgan fingerprint density at radius 1 is 1.12 bits per heavy atom. The van der Waals surface area contributed by atoms with Gasteiger partial charge in [-0.2, -0.15) is 15.2 Å². The minimum atomic E-state index is -0.508. The van der Waals surface area contributed by atoms with E-state index >= 15 is 0 Å². The predicted octanol–water partition coefficient (Wildman–Crippen LogP) is 1.84. The van der Waals surface area contributed by atoms with Crippen LogP contribution >= 0.6 is 0 Å². The number of benzene rings is 1. The van der Waals surface area contributed by atoms with Crippen molar-refractivity contribution in [2.24, 2.45) is 0 Å². The monoisotopic (exact) mass is 323 g/mol. The second kappa shape index (κ2) is 7.35. The number of hydrogen-bond acceptors (Lipinski definition) is 5. The number of aryl methyl sites for hydroxylation is 1. The summed E-state index contributed by atoms with van der Waals surface area (Å²) in [6.07, 6.45) is 0. The van der Waals surface area contributed by atoms with E-state index in [2.05, 4.69) is 22.1 Å². The third-order valence-corrected chi connectivity index (χ3v) is 3.85. The van der Waals surface area contributed by atoms with Crippen LogP contribution in [0.25, 0.3) is 0 Å². The van der Waals surface area contributed by atoms with E-state index in [0.29, 0.717) is 11.6 Å². The molecule has 124 valence electrons. The highest BCUT2D eigenvalue weighted by atomic mass is 16.5. The van der Waals surface area contributed by atoms with Gasteiger partial charge < -0.3 is 9.47 Å². The van der Waals surface area contributed by atoms with Gasteiger partial charge in [0.2, 0.25) is 5.88 Å². The van der Waals surface area contributed by atoms with E-state index in [9.17, 15) is 5.26 Å². The Bertz CT molecular complexity index is 764. The first-order chi connectivity index (χ1) is 11.4. The molecule has 0 spiro atoms. The molecule has 0 aliphatic rings. The third kappa shape index (κ3) is 3.51. The fourth-order valence-electron chi connectivity index (χ4n) is 2.92. The van der Waals surface area contributed by atoms with Crippen LogP contribution in [-0.4, -0.2) is 32.0 Å². The van der Waals surface area contributed by atoms with Gasteiger partial charge in [-0.25, -0.2) is 0 Å². The van der Waals surface area contributed by atoms with Crippen LogP contribution < -0.4 is 14.9 Å². The largest absolute Gasteiger partial charge is 0.481 e. The minimum absolute atomic E-state index is 0.114. The number of hydrogen-bond donors (Lipinski definition) is 0. The summed E-state index contributed by atoms with van der Waals surface area (Å²) in [6, 6.07) is 8.72. The summed E-state index contributed by atoms with van der Waals surface area (Å²) in [5.41, 5.74) is 4.62. The molecule has 2 rings (SSSR count). The zero-order valence-corrected chi connectivity index (χ0v) is 15.0. The summed E-state index contributed by atoms with van der Waals surface area (Å²) in [5, 5.41) is 9.86. The van der Waals surface area contributed by atoms with E-state index < -0.39 is 5.92 Å². The Kier molecular flexibility index (Phi) is 5.45. The lowest BCUT2D eigenvalue weighted by Gasteiger charge is -2.20. The first kappa shape index (κ1) is 17.8. The minimum Gasteiger partial charge on any atom is -0.481 e. The van der Waals surface area contributed by atoms with Crippen molar-refractivity contribution in [2.45, 2.75) is 32.6 Å². The molecule has 1 atom stereocenters. The van der Waals surface area contributed by atoms with E-state index in [1.807, 2.05) is 40.8 Å². The lowest BCUT2D eigenvalue weighted by atomic mass is 9.85. The molecule has 24 heavy (non-hydrogen) atoms. The van der Waals surface area contributed by atoms with E-state index in [1.165, 1.54) is 7.11 Å². The number of aromatic nitrogens is 2. The maximum absolute atomic E-state index is 9.86. The molecule has 0 amide bonds. The van der Waals surface area contributed by atoms with Crippen molar-refractivity contribution in [2.75, 3.05) is 14.2 Å². The summed E-state index contributed by atoms with van der Waals surface area (Å²) in [6.45, 7) is 6.09. The molecule has 0 aliphatic carbocycles. The molecule has 1 aromatic carbocycles. The average molecular weight is 323 g/mol. The molecule has 5 nitrogen and oxygen atoms in total. The number of methoxy groups -OCH3 is 2. The van der Waals surface area contributed by atoms with Gasteiger partial charge in [-0.3, -0.25) is 0 Å². The number of rotatable bonds is 5. The number of ether oxygens (including phenoxy) is 2. The van der Waals surface area contributed by atoms with Gasteiger partial charge in [-0.1, -0.05) is 43.1 Å². The molecule has 0 bridgehead atoms. The lowest BCUT2D eigenvalue weighted by Crippen LogP contribution is -2.14. The topological polar surface area (TPSA) is 68.0 Å². The van der Waals surface area contributed by atoms with Crippen molar-refractivity contribution < 1.29 is 9.47 Å². The summed E-state index contributed by atoms with van der Waals surface area (Å²) < 4.78 is 10.6. The van der Waals surface area contributed by atoms with Crippen LogP contribution in [0.3, 0.4) is 0 Å². The highest BCUT2D eigenvalue weighted by Crippen LogP contribution is 2.35. The van der Waals surface area contributed by atoms with Crippen LogP contribution in [0.5, 0.6) is 11.9 Å². The van der Waals surface area contributed by atoms with Crippen molar-refractivity contribution >= 4 is 13.3 Å². The van der Waals surface area contributed by atoms with Crippen LogP contribution in [0, 0.1) is 18.3 Å². The summed E-state index contributed by atoms with van der Waals surface area (Å²) in [5.74, 6) is 0.0610. The summed E-state index contributed by atoms with van der Waals surface area (Å²) in [7, 11) is 5.09. The zero-order valence-electron chi connectivity index (χ0n) is 15.0. The quantitative estimate of drug-likeness (QED) is 0.786. The van der Waals surface area contributed by atoms with Gasteiger partial charge in [0.15, 0.2) is 0 Å². The maximum Gasteiger partial charge on any atom is 0.319 e. The molecule has 6 heteroatoms. The molecule has 1 heterocycles. The van der Waals surface area contributed by atoms with Gasteiger partial charge in [0.25, 0.3) is 0 Å². The van der Waals surface area contributed by atoms with E-state index in [0.717, 1.165) is 22.2 Å². The molecular formula is C18H22BN3O2. The van der Waals surface area contributed by atoms with Crippen LogP contribution in [0.1, 0.15) is 48.1 Å². The van der Waals surface area contributed by atoms with Crippen molar-refractivity contribution in [3.8, 4) is 18.0 Å². The summed E-state index contributed by atoms with van der Waals surface area (Å²) >= 11 is 0. The maximum atomic E-state index is 9.86. The fourth-order valence-corrected chi connectivity index (χ4v) is 2.92. The Hall–Kier alpha value is -2.55. The van der Waals surface area contributed by atoms with Crippen molar-refractivity contribution in [1.82, 2.24) is 9.97 Å². The standard InChI is InChI=1S/C18H22BN3O2/c1-10(2)15-16(21-18(24-5)22-17(15)23-4)14(9-20)12-6-11(3)7-13(19)8-12/h6-8,10,14H,19H2,1-5H3. The molecule has 1 aromatic heterocycles. The highest BCUT2D eigenvalue weighted by Gasteiger charge is 2.26. The molecule has 0 N–H and O–H groups in total. The van der Waals surface area contributed by atoms with E-state index in [-0.39, 0.29) is 11.9 Å². The molecule has 0 aliphatic heterocycles. The van der Waals surface area contributed by atoms with E-state index in [4.69, 9.17) is 9.47 Å². The first-order valence-electron chi connectivity index (χ1n) is 7.88. The second-order valence-electron chi connectivity index (χ2n) is 6.16. The van der Waals surface area contributed by atoms with Crippen molar-refractivity contribution in [3.63, 3.8) is 0 Å². The van der Waals surface area contributed by atoms with Gasteiger partial charge in [0.05, 0.1) is 26.0 Å².